The van der Waals surface area contributed by atoms with Crippen LogP contribution in [0.4, 0.5) is 0 Å². The van der Waals surface area contributed by atoms with E-state index in [9.17, 15) is 0 Å². The molecular weight excluding hydrogens is 276 g/mol. The number of rotatable bonds is 8. The van der Waals surface area contributed by atoms with Crippen molar-refractivity contribution in [1.82, 2.24) is 0 Å². The molecule has 3 heteroatoms. The first-order chi connectivity index (χ1) is 10.9. The van der Waals surface area contributed by atoms with Crippen molar-refractivity contribution in [2.24, 2.45) is 0 Å². The van der Waals surface area contributed by atoms with Gasteiger partial charge in [-0.15, -0.1) is 0 Å². The Balaban J connectivity index is 0.000000225. The quantitative estimate of drug-likeness (QED) is 0.425. The van der Waals surface area contributed by atoms with Gasteiger partial charge in [0, 0.05) is 6.42 Å². The zero-order valence-electron chi connectivity index (χ0n) is 14.3. The molecule has 0 saturated carbocycles. The molecule has 1 aliphatic heterocycles. The minimum Gasteiger partial charge on any atom is -0.206 e. The average molecular weight is 308 g/mol. The maximum absolute atomic E-state index is 4.94. The van der Waals surface area contributed by atoms with Crippen LogP contribution in [0.25, 0.3) is 0 Å². The van der Waals surface area contributed by atoms with E-state index in [-0.39, 0.29) is 6.10 Å². The van der Waals surface area contributed by atoms with E-state index in [0.29, 0.717) is 6.61 Å². The first-order valence-electron chi connectivity index (χ1n) is 8.88. The molecule has 1 heterocycles. The van der Waals surface area contributed by atoms with Gasteiger partial charge in [-0.3, -0.25) is 0 Å². The Morgan fingerprint density at radius 1 is 0.864 bits per heavy atom. The molecule has 0 N–H and O–H groups in total. The predicted octanol–water partition coefficient (Wildman–Crippen LogP) is 6.16. The molecule has 0 bridgehead atoms. The molecule has 1 aromatic carbocycles. The molecular formula is C19H32O3. The van der Waals surface area contributed by atoms with Crippen LogP contribution in [0, 0.1) is 0 Å². The van der Waals surface area contributed by atoms with Gasteiger partial charge in [0.1, 0.15) is 6.10 Å². The Labute approximate surface area is 135 Å². The van der Waals surface area contributed by atoms with Crippen LogP contribution >= 0.6 is 0 Å². The third kappa shape index (κ3) is 9.19. The lowest BCUT2D eigenvalue weighted by atomic mass is 10.1. The van der Waals surface area contributed by atoms with Crippen LogP contribution in [-0.2, 0) is 14.8 Å². The maximum Gasteiger partial charge on any atom is 0.123 e. The van der Waals surface area contributed by atoms with Gasteiger partial charge in [-0.1, -0.05) is 101 Å². The topological polar surface area (TPSA) is 27.7 Å². The van der Waals surface area contributed by atoms with E-state index < -0.39 is 0 Å². The summed E-state index contributed by atoms with van der Waals surface area (Å²) in [5, 5.41) is 4.44. The van der Waals surface area contributed by atoms with Gasteiger partial charge in [0.25, 0.3) is 0 Å². The summed E-state index contributed by atoms with van der Waals surface area (Å²) in [6.45, 7) is 5.12. The molecule has 1 aromatic rings. The van der Waals surface area contributed by atoms with Crippen molar-refractivity contribution in [3.63, 3.8) is 0 Å². The fourth-order valence-electron chi connectivity index (χ4n) is 2.41. The summed E-state index contributed by atoms with van der Waals surface area (Å²) in [7, 11) is 0. The molecule has 2 rings (SSSR count). The maximum atomic E-state index is 4.94. The Morgan fingerprint density at radius 2 is 1.45 bits per heavy atom. The van der Waals surface area contributed by atoms with Crippen LogP contribution < -0.4 is 0 Å². The Morgan fingerprint density at radius 3 is 1.95 bits per heavy atom. The minimum absolute atomic E-state index is 0.0138. The number of benzene rings is 1. The van der Waals surface area contributed by atoms with E-state index in [4.69, 9.17) is 4.89 Å². The minimum atomic E-state index is 0.0138. The summed E-state index contributed by atoms with van der Waals surface area (Å²) >= 11 is 0. The van der Waals surface area contributed by atoms with E-state index in [1.165, 1.54) is 51.4 Å². The molecule has 126 valence electrons. The van der Waals surface area contributed by atoms with Gasteiger partial charge in [-0.05, 0) is 5.56 Å². The second-order valence-electron chi connectivity index (χ2n) is 5.80. The van der Waals surface area contributed by atoms with Crippen molar-refractivity contribution in [2.45, 2.75) is 77.7 Å². The molecule has 1 fully saturated rings. The predicted molar refractivity (Wildman–Crippen MR) is 90.2 cm³/mol. The number of unbranched alkanes of at least 4 members (excludes halogenated alkanes) is 7. The zero-order chi connectivity index (χ0) is 15.9. The van der Waals surface area contributed by atoms with Crippen LogP contribution in [0.1, 0.15) is 83.3 Å². The van der Waals surface area contributed by atoms with Crippen LogP contribution in [0.15, 0.2) is 30.3 Å². The first kappa shape index (κ1) is 19.1. The zero-order valence-corrected chi connectivity index (χ0v) is 14.3. The largest absolute Gasteiger partial charge is 0.206 e. The van der Waals surface area contributed by atoms with Gasteiger partial charge in [0.15, 0.2) is 0 Å². The molecule has 1 atom stereocenters. The number of hydrogen-bond donors (Lipinski definition) is 0. The summed E-state index contributed by atoms with van der Waals surface area (Å²) < 4.78 is 0. The highest BCUT2D eigenvalue weighted by molar-refractivity contribution is 5.17. The van der Waals surface area contributed by atoms with Crippen molar-refractivity contribution in [2.75, 3.05) is 6.61 Å². The molecule has 1 unspecified atom stereocenters. The summed E-state index contributed by atoms with van der Waals surface area (Å²) in [4.78, 5) is 9.54. The second kappa shape index (κ2) is 13.7. The standard InChI is InChI=1S/C10H22.C9H10O3/c1-3-5-7-9-10-8-6-4-2;1-2-4-8(5-3-1)9-6-7-10-12-11-9/h3-10H2,1-2H3;1-5,9H,6-7H2. The van der Waals surface area contributed by atoms with E-state index in [1.54, 1.807) is 0 Å². The fraction of sp³-hybridized carbons (Fsp3) is 0.684. The Kier molecular flexibility index (Phi) is 12.0. The van der Waals surface area contributed by atoms with Gasteiger partial charge < -0.3 is 0 Å². The highest BCUT2D eigenvalue weighted by Crippen LogP contribution is 2.24. The molecule has 0 aliphatic carbocycles. The summed E-state index contributed by atoms with van der Waals surface area (Å²) in [6.07, 6.45) is 12.3. The summed E-state index contributed by atoms with van der Waals surface area (Å²) in [6, 6.07) is 9.96. The first-order valence-corrected chi connectivity index (χ1v) is 8.88. The van der Waals surface area contributed by atoms with E-state index >= 15 is 0 Å². The van der Waals surface area contributed by atoms with Gasteiger partial charge in [-0.25, -0.2) is 4.89 Å². The van der Waals surface area contributed by atoms with Gasteiger partial charge in [0.05, 0.1) is 6.61 Å². The van der Waals surface area contributed by atoms with Gasteiger partial charge in [-0.2, -0.15) is 4.89 Å². The van der Waals surface area contributed by atoms with Crippen molar-refractivity contribution >= 4 is 0 Å². The third-order valence-electron chi connectivity index (χ3n) is 3.80. The Bertz CT molecular complexity index is 326. The fourth-order valence-corrected chi connectivity index (χ4v) is 2.41. The highest BCUT2D eigenvalue weighted by Gasteiger charge is 2.17. The third-order valence-corrected chi connectivity index (χ3v) is 3.80. The SMILES string of the molecule is CCCCCCCCCC.c1ccc(C2CCOOO2)cc1. The van der Waals surface area contributed by atoms with Gasteiger partial charge in [0.2, 0.25) is 0 Å². The average Bonchev–Trinajstić information content (AvgIpc) is 2.60. The molecule has 0 aromatic heterocycles. The normalized spacial score (nSPS) is 17.6. The van der Waals surface area contributed by atoms with E-state index in [0.717, 1.165) is 12.0 Å². The summed E-state index contributed by atoms with van der Waals surface area (Å²) in [5.41, 5.74) is 1.13. The van der Waals surface area contributed by atoms with Crippen LogP contribution in [0.2, 0.25) is 0 Å². The van der Waals surface area contributed by atoms with Gasteiger partial charge >= 0.3 is 0 Å². The van der Waals surface area contributed by atoms with Crippen LogP contribution in [0.3, 0.4) is 0 Å². The van der Waals surface area contributed by atoms with Crippen molar-refractivity contribution in [1.29, 1.82) is 0 Å². The van der Waals surface area contributed by atoms with Crippen LogP contribution in [0.5, 0.6) is 0 Å². The molecule has 1 saturated heterocycles. The molecule has 22 heavy (non-hydrogen) atoms. The lowest BCUT2D eigenvalue weighted by molar-refractivity contribution is -0.551. The Hall–Kier alpha value is -0.900. The lowest BCUT2D eigenvalue weighted by Gasteiger charge is -2.19. The molecule has 0 amide bonds. The van der Waals surface area contributed by atoms with Crippen molar-refractivity contribution in [3.05, 3.63) is 35.9 Å². The smallest absolute Gasteiger partial charge is 0.123 e. The second-order valence-corrected chi connectivity index (χ2v) is 5.80. The highest BCUT2D eigenvalue weighted by atomic mass is 17.5. The number of hydrogen-bond acceptors (Lipinski definition) is 3. The molecule has 0 radical (unpaired) electrons. The van der Waals surface area contributed by atoms with E-state index in [1.807, 2.05) is 30.3 Å². The van der Waals surface area contributed by atoms with E-state index in [2.05, 4.69) is 23.8 Å². The van der Waals surface area contributed by atoms with Crippen LogP contribution in [-0.4, -0.2) is 6.61 Å². The monoisotopic (exact) mass is 308 g/mol. The molecule has 3 nitrogen and oxygen atoms in total. The van der Waals surface area contributed by atoms with Crippen molar-refractivity contribution in [3.8, 4) is 0 Å². The molecule has 0 spiro atoms. The lowest BCUT2D eigenvalue weighted by Crippen LogP contribution is -2.14. The molecule has 1 aliphatic rings. The van der Waals surface area contributed by atoms with Crippen molar-refractivity contribution < 1.29 is 14.8 Å². The summed E-state index contributed by atoms with van der Waals surface area (Å²) in [5.74, 6) is 0.